The van der Waals surface area contributed by atoms with E-state index in [0.717, 1.165) is 5.56 Å². The van der Waals surface area contributed by atoms with Gasteiger partial charge in [0.25, 0.3) is 5.91 Å². The van der Waals surface area contributed by atoms with E-state index >= 15 is 0 Å². The summed E-state index contributed by atoms with van der Waals surface area (Å²) in [6, 6.07) is 9.21. The minimum absolute atomic E-state index is 0.0774. The lowest BCUT2D eigenvalue weighted by Crippen LogP contribution is -2.30. The minimum atomic E-state index is -0.0774. The lowest BCUT2D eigenvalue weighted by Gasteiger charge is -2.21. The van der Waals surface area contributed by atoms with Crippen molar-refractivity contribution in [1.82, 2.24) is 4.90 Å². The predicted octanol–water partition coefficient (Wildman–Crippen LogP) is 3.29. The molecule has 1 amide bonds. The molecule has 1 aromatic carbocycles. The molecule has 19 heavy (non-hydrogen) atoms. The zero-order valence-electron chi connectivity index (χ0n) is 10.6. The van der Waals surface area contributed by atoms with Gasteiger partial charge in [-0.25, -0.2) is 0 Å². The summed E-state index contributed by atoms with van der Waals surface area (Å²) in [5.74, 6) is -0.0774. The van der Waals surface area contributed by atoms with Crippen LogP contribution in [0.4, 0.5) is 5.69 Å². The fourth-order valence-electron chi connectivity index (χ4n) is 1.83. The Balaban J connectivity index is 2.20. The molecule has 2 rings (SSSR count). The zero-order valence-corrected chi connectivity index (χ0v) is 12.2. The lowest BCUT2D eigenvalue weighted by atomic mass is 10.1. The summed E-state index contributed by atoms with van der Waals surface area (Å²) in [5.41, 5.74) is 8.07. The maximum atomic E-state index is 12.4. The van der Waals surface area contributed by atoms with Crippen molar-refractivity contribution in [2.45, 2.75) is 13.5 Å². The third-order valence-corrected chi connectivity index (χ3v) is 3.55. The van der Waals surface area contributed by atoms with Crippen LogP contribution < -0.4 is 5.73 Å². The van der Waals surface area contributed by atoms with Crippen LogP contribution in [0.2, 0.25) is 0 Å². The quantitative estimate of drug-likeness (QED) is 0.879. The molecule has 0 aliphatic heterocycles. The first-order chi connectivity index (χ1) is 9.13. The first kappa shape index (κ1) is 13.7. The van der Waals surface area contributed by atoms with E-state index in [1.807, 2.05) is 31.2 Å². The second-order valence-electron chi connectivity index (χ2n) is 4.13. The van der Waals surface area contributed by atoms with Crippen molar-refractivity contribution in [2.75, 3.05) is 12.3 Å². The van der Waals surface area contributed by atoms with Crippen LogP contribution in [0.25, 0.3) is 0 Å². The summed E-state index contributed by atoms with van der Waals surface area (Å²) < 4.78 is 5.55. The maximum absolute atomic E-state index is 12.4. The molecule has 100 valence electrons. The van der Waals surface area contributed by atoms with Crippen LogP contribution in [-0.4, -0.2) is 17.4 Å². The Morgan fingerprint density at radius 2 is 2.11 bits per heavy atom. The number of amides is 1. The van der Waals surface area contributed by atoms with E-state index in [1.54, 1.807) is 11.0 Å². The van der Waals surface area contributed by atoms with Gasteiger partial charge in [0.1, 0.15) is 0 Å². The smallest absolute Gasteiger partial charge is 0.258 e. The van der Waals surface area contributed by atoms with Gasteiger partial charge in [0.2, 0.25) is 0 Å². The average molecular weight is 323 g/mol. The van der Waals surface area contributed by atoms with Gasteiger partial charge in [0.15, 0.2) is 4.67 Å². The van der Waals surface area contributed by atoms with Crippen LogP contribution in [0.15, 0.2) is 45.7 Å². The monoisotopic (exact) mass is 322 g/mol. The van der Waals surface area contributed by atoms with Crippen molar-refractivity contribution in [3.05, 3.63) is 52.4 Å². The Morgan fingerprint density at radius 1 is 1.37 bits per heavy atom. The number of halogens is 1. The SMILES string of the molecule is CCN(Cc1ccccc1N)C(=O)c1ccoc1Br. The van der Waals surface area contributed by atoms with E-state index in [4.69, 9.17) is 10.2 Å². The van der Waals surface area contributed by atoms with Crippen LogP contribution in [0.5, 0.6) is 0 Å². The van der Waals surface area contributed by atoms with Gasteiger partial charge in [-0.15, -0.1) is 0 Å². The zero-order chi connectivity index (χ0) is 13.8. The van der Waals surface area contributed by atoms with Crippen molar-refractivity contribution in [2.24, 2.45) is 0 Å². The molecule has 0 aliphatic rings. The molecule has 1 heterocycles. The molecule has 1 aromatic heterocycles. The number of benzene rings is 1. The van der Waals surface area contributed by atoms with E-state index in [2.05, 4.69) is 15.9 Å². The Labute approximate surface area is 120 Å². The Kier molecular flexibility index (Phi) is 4.27. The van der Waals surface area contributed by atoms with Gasteiger partial charge in [0.05, 0.1) is 11.8 Å². The summed E-state index contributed by atoms with van der Waals surface area (Å²) in [5, 5.41) is 0. The normalized spacial score (nSPS) is 10.4. The topological polar surface area (TPSA) is 59.5 Å². The van der Waals surface area contributed by atoms with Crippen LogP contribution in [0, 0.1) is 0 Å². The van der Waals surface area contributed by atoms with Crippen molar-refractivity contribution < 1.29 is 9.21 Å². The molecule has 0 atom stereocenters. The Bertz CT molecular complexity index is 580. The van der Waals surface area contributed by atoms with Gasteiger partial charge in [0, 0.05) is 18.8 Å². The van der Waals surface area contributed by atoms with Crippen molar-refractivity contribution in [3.8, 4) is 0 Å². The first-order valence-corrected chi connectivity index (χ1v) is 6.78. The van der Waals surface area contributed by atoms with E-state index in [-0.39, 0.29) is 5.91 Å². The van der Waals surface area contributed by atoms with E-state index in [1.165, 1.54) is 6.26 Å². The molecule has 0 unspecified atom stereocenters. The molecule has 0 radical (unpaired) electrons. The second kappa shape index (κ2) is 5.93. The highest BCUT2D eigenvalue weighted by Crippen LogP contribution is 2.21. The Hall–Kier alpha value is -1.75. The predicted molar refractivity (Wildman–Crippen MR) is 77.7 cm³/mol. The lowest BCUT2D eigenvalue weighted by molar-refractivity contribution is 0.0751. The van der Waals surface area contributed by atoms with Crippen molar-refractivity contribution >= 4 is 27.5 Å². The number of hydrogen-bond donors (Lipinski definition) is 1. The van der Waals surface area contributed by atoms with Crippen molar-refractivity contribution in [3.63, 3.8) is 0 Å². The van der Waals surface area contributed by atoms with E-state index < -0.39 is 0 Å². The van der Waals surface area contributed by atoms with Crippen LogP contribution in [-0.2, 0) is 6.54 Å². The van der Waals surface area contributed by atoms with Crippen molar-refractivity contribution in [1.29, 1.82) is 0 Å². The number of carbonyl (C=O) groups excluding carboxylic acids is 1. The molecule has 5 heteroatoms. The number of nitrogen functional groups attached to an aromatic ring is 1. The molecule has 4 nitrogen and oxygen atoms in total. The fraction of sp³-hybridized carbons (Fsp3) is 0.214. The number of nitrogens with two attached hydrogens (primary N) is 1. The van der Waals surface area contributed by atoms with Gasteiger partial charge in [-0.05, 0) is 40.5 Å². The molecule has 2 N–H and O–H groups in total. The van der Waals surface area contributed by atoms with Gasteiger partial charge in [-0.2, -0.15) is 0 Å². The third kappa shape index (κ3) is 2.98. The number of para-hydroxylation sites is 1. The van der Waals surface area contributed by atoms with E-state index in [0.29, 0.717) is 29.0 Å². The fourth-order valence-corrected chi connectivity index (χ4v) is 2.24. The third-order valence-electron chi connectivity index (χ3n) is 2.93. The number of carbonyl (C=O) groups is 1. The molecule has 0 saturated heterocycles. The molecular formula is C14H15BrN2O2. The van der Waals surface area contributed by atoms with Crippen LogP contribution in [0.1, 0.15) is 22.8 Å². The summed E-state index contributed by atoms with van der Waals surface area (Å²) in [4.78, 5) is 14.1. The van der Waals surface area contributed by atoms with E-state index in [9.17, 15) is 4.79 Å². The Morgan fingerprint density at radius 3 is 2.68 bits per heavy atom. The molecule has 0 bridgehead atoms. The highest BCUT2D eigenvalue weighted by atomic mass is 79.9. The van der Waals surface area contributed by atoms with Gasteiger partial charge in [-0.1, -0.05) is 18.2 Å². The standard InChI is InChI=1S/C14H15BrN2O2/c1-2-17(9-10-5-3-4-6-12(10)16)14(18)11-7-8-19-13(11)15/h3-8H,2,9,16H2,1H3. The second-order valence-corrected chi connectivity index (χ2v) is 4.85. The number of hydrogen-bond acceptors (Lipinski definition) is 3. The number of nitrogens with zero attached hydrogens (tertiary/aromatic N) is 1. The largest absolute Gasteiger partial charge is 0.457 e. The minimum Gasteiger partial charge on any atom is -0.457 e. The highest BCUT2D eigenvalue weighted by Gasteiger charge is 2.19. The van der Waals surface area contributed by atoms with Gasteiger partial charge < -0.3 is 15.1 Å². The molecule has 0 aliphatic carbocycles. The molecule has 0 spiro atoms. The van der Waals surface area contributed by atoms with Crippen LogP contribution >= 0.6 is 15.9 Å². The summed E-state index contributed by atoms with van der Waals surface area (Å²) in [6.07, 6.45) is 1.49. The molecule has 2 aromatic rings. The summed E-state index contributed by atoms with van der Waals surface area (Å²) >= 11 is 3.23. The average Bonchev–Trinajstić information content (AvgIpc) is 2.83. The van der Waals surface area contributed by atoms with Crippen LogP contribution in [0.3, 0.4) is 0 Å². The summed E-state index contributed by atoms with van der Waals surface area (Å²) in [6.45, 7) is 3.02. The number of anilines is 1. The summed E-state index contributed by atoms with van der Waals surface area (Å²) in [7, 11) is 0. The number of furan rings is 1. The molecular weight excluding hydrogens is 308 g/mol. The van der Waals surface area contributed by atoms with Gasteiger partial charge in [-0.3, -0.25) is 4.79 Å². The number of rotatable bonds is 4. The van der Waals surface area contributed by atoms with Gasteiger partial charge >= 0.3 is 0 Å². The first-order valence-electron chi connectivity index (χ1n) is 5.99. The molecule has 0 fully saturated rings. The molecule has 0 saturated carbocycles. The highest BCUT2D eigenvalue weighted by molar-refractivity contribution is 9.10. The maximum Gasteiger partial charge on any atom is 0.258 e.